The summed E-state index contributed by atoms with van der Waals surface area (Å²) in [4.78, 5) is 0. The summed E-state index contributed by atoms with van der Waals surface area (Å²) in [5, 5.41) is 0.0972. The molecule has 0 amide bonds. The van der Waals surface area contributed by atoms with Gasteiger partial charge in [-0.3, -0.25) is 0 Å². The zero-order valence-corrected chi connectivity index (χ0v) is 9.45. The monoisotopic (exact) mass is 198 g/mol. The second-order valence-electron chi connectivity index (χ2n) is 4.11. The number of ether oxygens (including phenoxy) is 2. The Kier molecular flexibility index (Phi) is 2.58. The topological polar surface area (TPSA) is 21.8 Å². The molecule has 74 valence electrons. The number of rotatable bonds is 3. The van der Waals surface area contributed by atoms with Gasteiger partial charge in [-0.05, 0) is 19.3 Å². The van der Waals surface area contributed by atoms with E-state index in [1.54, 1.807) is 0 Å². The van der Waals surface area contributed by atoms with Gasteiger partial charge >= 0.3 is 0 Å². The maximum Gasteiger partial charge on any atom is 0.107 e. The SMILES string of the molecule is C=C[SiH](C)C1(C2CO2)CCCCO1. The van der Waals surface area contributed by atoms with Crippen LogP contribution in [0.3, 0.4) is 0 Å². The van der Waals surface area contributed by atoms with E-state index >= 15 is 0 Å². The van der Waals surface area contributed by atoms with Crippen LogP contribution in [0, 0.1) is 0 Å². The molecule has 0 aliphatic carbocycles. The lowest BCUT2D eigenvalue weighted by Gasteiger charge is -2.39. The highest BCUT2D eigenvalue weighted by atomic mass is 28.3. The van der Waals surface area contributed by atoms with Gasteiger partial charge < -0.3 is 9.47 Å². The lowest BCUT2D eigenvalue weighted by atomic mass is 10.1. The first-order valence-corrected chi connectivity index (χ1v) is 7.57. The third-order valence-corrected chi connectivity index (χ3v) is 6.41. The highest BCUT2D eigenvalue weighted by molar-refractivity contribution is 6.66. The van der Waals surface area contributed by atoms with Crippen molar-refractivity contribution in [1.29, 1.82) is 0 Å². The van der Waals surface area contributed by atoms with Crippen LogP contribution in [0.1, 0.15) is 19.3 Å². The Labute approximate surface area is 81.5 Å². The van der Waals surface area contributed by atoms with E-state index in [9.17, 15) is 0 Å². The minimum atomic E-state index is -0.977. The van der Waals surface area contributed by atoms with Gasteiger partial charge in [0.05, 0.1) is 20.6 Å². The molecule has 0 spiro atoms. The molecule has 0 N–H and O–H groups in total. The first-order valence-electron chi connectivity index (χ1n) is 5.18. The normalized spacial score (nSPS) is 41.2. The predicted molar refractivity (Wildman–Crippen MR) is 55.5 cm³/mol. The van der Waals surface area contributed by atoms with Crippen molar-refractivity contribution >= 4 is 8.80 Å². The molecule has 0 saturated carbocycles. The van der Waals surface area contributed by atoms with Crippen LogP contribution in [0.25, 0.3) is 0 Å². The summed E-state index contributed by atoms with van der Waals surface area (Å²) in [6, 6.07) is 0. The van der Waals surface area contributed by atoms with E-state index in [4.69, 9.17) is 9.47 Å². The fraction of sp³-hybridized carbons (Fsp3) is 0.800. The molecule has 13 heavy (non-hydrogen) atoms. The summed E-state index contributed by atoms with van der Waals surface area (Å²) >= 11 is 0. The van der Waals surface area contributed by atoms with Gasteiger partial charge in [0, 0.05) is 6.61 Å². The van der Waals surface area contributed by atoms with E-state index in [-0.39, 0.29) is 5.22 Å². The van der Waals surface area contributed by atoms with E-state index in [1.807, 2.05) is 0 Å². The van der Waals surface area contributed by atoms with Gasteiger partial charge in [-0.25, -0.2) is 0 Å². The molecule has 2 saturated heterocycles. The maximum absolute atomic E-state index is 6.01. The summed E-state index contributed by atoms with van der Waals surface area (Å²) in [6.45, 7) is 8.07. The minimum absolute atomic E-state index is 0.0972. The number of epoxide rings is 1. The van der Waals surface area contributed by atoms with Gasteiger partial charge in [0.25, 0.3) is 0 Å². The maximum atomic E-state index is 6.01. The molecule has 0 radical (unpaired) electrons. The molecule has 2 nitrogen and oxygen atoms in total. The molecule has 0 aromatic carbocycles. The minimum Gasteiger partial charge on any atom is -0.376 e. The van der Waals surface area contributed by atoms with E-state index in [0.717, 1.165) is 13.2 Å². The fourth-order valence-corrected chi connectivity index (χ4v) is 4.49. The van der Waals surface area contributed by atoms with Crippen LogP contribution < -0.4 is 0 Å². The molecule has 2 aliphatic heterocycles. The first-order chi connectivity index (χ1) is 6.29. The Morgan fingerprint density at radius 3 is 2.77 bits per heavy atom. The molecule has 2 rings (SSSR count). The van der Waals surface area contributed by atoms with Gasteiger partial charge in [-0.15, -0.1) is 12.3 Å². The summed E-state index contributed by atoms with van der Waals surface area (Å²) < 4.78 is 11.4. The van der Waals surface area contributed by atoms with Gasteiger partial charge in [-0.2, -0.15) is 0 Å². The van der Waals surface area contributed by atoms with Crippen molar-refractivity contribution in [2.75, 3.05) is 13.2 Å². The van der Waals surface area contributed by atoms with Crippen LogP contribution in [-0.4, -0.2) is 33.3 Å². The average Bonchev–Trinajstić information content (AvgIpc) is 3.01. The summed E-state index contributed by atoms with van der Waals surface area (Å²) in [7, 11) is -0.977. The lowest BCUT2D eigenvalue weighted by Crippen LogP contribution is -2.52. The van der Waals surface area contributed by atoms with Crippen LogP contribution in [0.2, 0.25) is 6.55 Å². The fourth-order valence-electron chi connectivity index (χ4n) is 2.27. The van der Waals surface area contributed by atoms with Crippen molar-refractivity contribution < 1.29 is 9.47 Å². The summed E-state index contributed by atoms with van der Waals surface area (Å²) in [5.41, 5.74) is 2.13. The Balaban J connectivity index is 2.12. The van der Waals surface area contributed by atoms with Crippen LogP contribution in [0.15, 0.2) is 12.3 Å². The van der Waals surface area contributed by atoms with Crippen molar-refractivity contribution in [2.24, 2.45) is 0 Å². The van der Waals surface area contributed by atoms with Crippen molar-refractivity contribution in [3.8, 4) is 0 Å². The Hall–Kier alpha value is -0.123. The third kappa shape index (κ3) is 1.60. The second-order valence-corrected chi connectivity index (χ2v) is 7.13. The molecule has 2 heterocycles. The quantitative estimate of drug-likeness (QED) is 0.506. The molecular weight excluding hydrogens is 180 g/mol. The zero-order chi connectivity index (χ0) is 9.31. The van der Waals surface area contributed by atoms with E-state index in [2.05, 4.69) is 18.8 Å². The van der Waals surface area contributed by atoms with Crippen molar-refractivity contribution in [1.82, 2.24) is 0 Å². The van der Waals surface area contributed by atoms with Crippen LogP contribution in [-0.2, 0) is 9.47 Å². The van der Waals surface area contributed by atoms with Gasteiger partial charge in [0.15, 0.2) is 0 Å². The van der Waals surface area contributed by atoms with Gasteiger partial charge in [0.2, 0.25) is 0 Å². The molecule has 0 bridgehead atoms. The summed E-state index contributed by atoms with van der Waals surface area (Å²) in [5.74, 6) is 0. The van der Waals surface area contributed by atoms with Crippen molar-refractivity contribution in [3.05, 3.63) is 12.3 Å². The Morgan fingerprint density at radius 1 is 1.54 bits per heavy atom. The van der Waals surface area contributed by atoms with E-state index in [1.165, 1.54) is 19.3 Å². The Bertz CT molecular complexity index is 195. The van der Waals surface area contributed by atoms with Crippen LogP contribution >= 0.6 is 0 Å². The van der Waals surface area contributed by atoms with Crippen LogP contribution in [0.4, 0.5) is 0 Å². The lowest BCUT2D eigenvalue weighted by molar-refractivity contribution is -0.0386. The largest absolute Gasteiger partial charge is 0.376 e. The molecule has 2 aliphatic rings. The Morgan fingerprint density at radius 2 is 2.31 bits per heavy atom. The molecule has 0 aromatic heterocycles. The molecule has 0 aromatic rings. The first kappa shape index (κ1) is 9.43. The highest BCUT2D eigenvalue weighted by Crippen LogP contribution is 2.38. The van der Waals surface area contributed by atoms with Crippen molar-refractivity contribution in [2.45, 2.75) is 37.1 Å². The predicted octanol–water partition coefficient (Wildman–Crippen LogP) is 1.45. The molecular formula is C10H18O2Si. The molecule has 3 unspecified atom stereocenters. The van der Waals surface area contributed by atoms with E-state index < -0.39 is 8.80 Å². The average molecular weight is 198 g/mol. The molecule has 3 heteroatoms. The van der Waals surface area contributed by atoms with Gasteiger partial charge in [0.1, 0.15) is 6.10 Å². The zero-order valence-electron chi connectivity index (χ0n) is 8.29. The number of hydrogen-bond donors (Lipinski definition) is 0. The second kappa shape index (κ2) is 3.56. The van der Waals surface area contributed by atoms with E-state index in [0.29, 0.717) is 6.10 Å². The molecule has 3 atom stereocenters. The standard InChI is InChI=1S/C10H18O2Si/c1-3-13(2)10(9-8-11-9)6-4-5-7-12-10/h3,9,13H,1,4-8H2,2H3. The highest BCUT2D eigenvalue weighted by Gasteiger charge is 2.51. The van der Waals surface area contributed by atoms with Crippen molar-refractivity contribution in [3.63, 3.8) is 0 Å². The molecule has 2 fully saturated rings. The smallest absolute Gasteiger partial charge is 0.107 e. The summed E-state index contributed by atoms with van der Waals surface area (Å²) in [6.07, 6.45) is 4.10. The number of hydrogen-bond acceptors (Lipinski definition) is 2. The van der Waals surface area contributed by atoms with Crippen LogP contribution in [0.5, 0.6) is 0 Å². The van der Waals surface area contributed by atoms with Gasteiger partial charge in [-0.1, -0.05) is 6.55 Å². The third-order valence-electron chi connectivity index (χ3n) is 3.34.